The summed E-state index contributed by atoms with van der Waals surface area (Å²) < 4.78 is 0. The Morgan fingerprint density at radius 1 is 1.52 bits per heavy atom. The first-order chi connectivity index (χ1) is 10.1. The van der Waals surface area contributed by atoms with E-state index in [0.717, 1.165) is 32.4 Å². The summed E-state index contributed by atoms with van der Waals surface area (Å²) in [4.78, 5) is 26.3. The van der Waals surface area contributed by atoms with Crippen LogP contribution in [-0.2, 0) is 16.0 Å². The van der Waals surface area contributed by atoms with Crippen molar-refractivity contribution < 1.29 is 14.7 Å². The number of likely N-dealkylation sites (tertiary alicyclic amines) is 1. The first-order valence-electron chi connectivity index (χ1n) is 7.58. The number of aliphatic carboxylic acids is 1. The number of carboxylic acid groups (broad SMARTS) is 1. The molecule has 1 fully saturated rings. The van der Waals surface area contributed by atoms with Crippen LogP contribution in [-0.4, -0.2) is 35.0 Å². The molecule has 2 atom stereocenters. The van der Waals surface area contributed by atoms with Crippen LogP contribution >= 0.6 is 11.3 Å². The average Bonchev–Trinajstić information content (AvgIpc) is 2.97. The van der Waals surface area contributed by atoms with Crippen LogP contribution in [0.25, 0.3) is 0 Å². The molecule has 2 heterocycles. The molecule has 0 saturated carbocycles. The molecule has 21 heavy (non-hydrogen) atoms. The van der Waals surface area contributed by atoms with E-state index in [1.54, 1.807) is 11.3 Å². The molecule has 4 nitrogen and oxygen atoms in total. The summed E-state index contributed by atoms with van der Waals surface area (Å²) in [6.07, 6.45) is 3.58. The van der Waals surface area contributed by atoms with Crippen LogP contribution in [0, 0.1) is 11.8 Å². The highest BCUT2D eigenvalue weighted by Gasteiger charge is 2.28. The molecule has 0 bridgehead atoms. The maximum Gasteiger partial charge on any atom is 0.303 e. The summed E-state index contributed by atoms with van der Waals surface area (Å²) in [5.74, 6) is -0.0878. The first-order valence-corrected chi connectivity index (χ1v) is 8.46. The number of rotatable bonds is 6. The van der Waals surface area contributed by atoms with Gasteiger partial charge in [0, 0.05) is 30.8 Å². The number of piperidine rings is 1. The van der Waals surface area contributed by atoms with E-state index in [1.165, 1.54) is 4.88 Å². The third-order valence-electron chi connectivity index (χ3n) is 4.28. The highest BCUT2D eigenvalue weighted by Crippen LogP contribution is 2.26. The summed E-state index contributed by atoms with van der Waals surface area (Å²) in [5.41, 5.74) is 0. The molecule has 116 valence electrons. The number of carbonyl (C=O) groups excluding carboxylic acids is 1. The van der Waals surface area contributed by atoms with Crippen LogP contribution in [0.2, 0.25) is 0 Å². The van der Waals surface area contributed by atoms with E-state index in [9.17, 15) is 9.59 Å². The average molecular weight is 309 g/mol. The maximum absolute atomic E-state index is 12.3. The summed E-state index contributed by atoms with van der Waals surface area (Å²) >= 11 is 1.69. The Hall–Kier alpha value is -1.36. The molecule has 2 unspecified atom stereocenters. The van der Waals surface area contributed by atoms with Crippen LogP contribution < -0.4 is 0 Å². The summed E-state index contributed by atoms with van der Waals surface area (Å²) in [6.45, 7) is 3.52. The molecule has 0 aromatic carbocycles. The lowest BCUT2D eigenvalue weighted by Crippen LogP contribution is -2.42. The monoisotopic (exact) mass is 309 g/mol. The Morgan fingerprint density at radius 3 is 3.00 bits per heavy atom. The van der Waals surface area contributed by atoms with E-state index in [0.29, 0.717) is 12.3 Å². The number of carbonyl (C=O) groups is 2. The molecule has 1 saturated heterocycles. The van der Waals surface area contributed by atoms with E-state index in [-0.39, 0.29) is 18.2 Å². The van der Waals surface area contributed by atoms with Gasteiger partial charge in [-0.25, -0.2) is 0 Å². The molecular weight excluding hydrogens is 286 g/mol. The minimum atomic E-state index is -0.747. The second-order valence-corrected chi connectivity index (χ2v) is 6.93. The Balaban J connectivity index is 1.82. The van der Waals surface area contributed by atoms with Gasteiger partial charge in [0.1, 0.15) is 0 Å². The van der Waals surface area contributed by atoms with Gasteiger partial charge < -0.3 is 10.0 Å². The highest BCUT2D eigenvalue weighted by molar-refractivity contribution is 7.09. The summed E-state index contributed by atoms with van der Waals surface area (Å²) in [7, 11) is 0. The molecule has 0 aliphatic carbocycles. The van der Waals surface area contributed by atoms with Crippen LogP contribution in [0.1, 0.15) is 37.5 Å². The summed E-state index contributed by atoms with van der Waals surface area (Å²) in [5, 5.41) is 10.9. The fourth-order valence-electron chi connectivity index (χ4n) is 2.99. The number of thiophene rings is 1. The van der Waals surface area contributed by atoms with E-state index in [2.05, 4.69) is 6.07 Å². The largest absolute Gasteiger partial charge is 0.481 e. The van der Waals surface area contributed by atoms with Crippen molar-refractivity contribution >= 4 is 23.2 Å². The number of nitrogens with zero attached hydrogens (tertiary/aromatic N) is 1. The molecule has 1 amide bonds. The van der Waals surface area contributed by atoms with Crippen molar-refractivity contribution in [1.82, 2.24) is 4.90 Å². The van der Waals surface area contributed by atoms with E-state index in [4.69, 9.17) is 5.11 Å². The van der Waals surface area contributed by atoms with Gasteiger partial charge in [-0.05, 0) is 42.5 Å². The van der Waals surface area contributed by atoms with Gasteiger partial charge in [-0.1, -0.05) is 13.0 Å². The van der Waals surface area contributed by atoms with Crippen molar-refractivity contribution in [2.75, 3.05) is 13.1 Å². The number of amides is 1. The van der Waals surface area contributed by atoms with Gasteiger partial charge in [-0.3, -0.25) is 9.59 Å². The Kier molecular flexibility index (Phi) is 5.79. The molecule has 0 spiro atoms. The zero-order valence-corrected chi connectivity index (χ0v) is 13.3. The molecule has 1 aromatic rings. The second-order valence-electron chi connectivity index (χ2n) is 5.90. The minimum Gasteiger partial charge on any atom is -0.481 e. The third kappa shape index (κ3) is 4.84. The second kappa shape index (κ2) is 7.59. The van der Waals surface area contributed by atoms with Crippen molar-refractivity contribution in [3.05, 3.63) is 22.4 Å². The lowest BCUT2D eigenvalue weighted by atomic mass is 9.84. The van der Waals surface area contributed by atoms with Gasteiger partial charge in [0.25, 0.3) is 0 Å². The molecule has 0 radical (unpaired) electrons. The summed E-state index contributed by atoms with van der Waals surface area (Å²) in [6, 6.07) is 4.07. The van der Waals surface area contributed by atoms with E-state index in [1.807, 2.05) is 23.3 Å². The molecule has 1 N–H and O–H groups in total. The number of hydrogen-bond donors (Lipinski definition) is 1. The molecular formula is C16H23NO3S. The normalized spacial score (nSPS) is 20.2. The van der Waals surface area contributed by atoms with E-state index < -0.39 is 5.97 Å². The van der Waals surface area contributed by atoms with Gasteiger partial charge in [0.2, 0.25) is 5.91 Å². The van der Waals surface area contributed by atoms with Crippen molar-refractivity contribution in [3.63, 3.8) is 0 Å². The quantitative estimate of drug-likeness (QED) is 0.878. The Bertz CT molecular complexity index is 472. The predicted molar refractivity (Wildman–Crippen MR) is 83.4 cm³/mol. The molecule has 2 rings (SSSR count). The first kappa shape index (κ1) is 16.0. The molecule has 1 aliphatic rings. The van der Waals surface area contributed by atoms with Crippen LogP contribution in [0.15, 0.2) is 17.5 Å². The van der Waals surface area contributed by atoms with Gasteiger partial charge in [-0.2, -0.15) is 0 Å². The van der Waals surface area contributed by atoms with Crippen molar-refractivity contribution in [1.29, 1.82) is 0 Å². The molecule has 5 heteroatoms. The van der Waals surface area contributed by atoms with E-state index >= 15 is 0 Å². The van der Waals surface area contributed by atoms with Crippen LogP contribution in [0.4, 0.5) is 0 Å². The van der Waals surface area contributed by atoms with Crippen LogP contribution in [0.3, 0.4) is 0 Å². The fourth-order valence-corrected chi connectivity index (χ4v) is 3.70. The lowest BCUT2D eigenvalue weighted by molar-refractivity contribution is -0.138. The Morgan fingerprint density at radius 2 is 2.33 bits per heavy atom. The zero-order valence-electron chi connectivity index (χ0n) is 12.5. The maximum atomic E-state index is 12.3. The van der Waals surface area contributed by atoms with Crippen LogP contribution in [0.5, 0.6) is 0 Å². The Labute approximate surface area is 129 Å². The van der Waals surface area contributed by atoms with Gasteiger partial charge in [0.15, 0.2) is 0 Å². The topological polar surface area (TPSA) is 57.6 Å². The predicted octanol–water partition coefficient (Wildman–Crippen LogP) is 3.03. The lowest BCUT2D eigenvalue weighted by Gasteiger charge is -2.35. The van der Waals surface area contributed by atoms with Gasteiger partial charge in [-0.15, -0.1) is 11.3 Å². The molecule has 1 aliphatic heterocycles. The highest BCUT2D eigenvalue weighted by atomic mass is 32.1. The van der Waals surface area contributed by atoms with Crippen molar-refractivity contribution in [3.8, 4) is 0 Å². The van der Waals surface area contributed by atoms with Crippen molar-refractivity contribution in [2.45, 2.75) is 39.0 Å². The fraction of sp³-hybridized carbons (Fsp3) is 0.625. The zero-order chi connectivity index (χ0) is 15.2. The minimum absolute atomic E-state index is 0.135. The number of aryl methyl sites for hydroxylation is 1. The standard InChI is InChI=1S/C16H23NO3S/c1-12(10-16(19)20)13-4-2-8-17(11-13)15(18)7-6-14-5-3-9-21-14/h3,5,9,12-13H,2,4,6-8,10-11H2,1H3,(H,19,20). The van der Waals surface area contributed by atoms with Gasteiger partial charge >= 0.3 is 5.97 Å². The van der Waals surface area contributed by atoms with Crippen molar-refractivity contribution in [2.24, 2.45) is 11.8 Å². The molecule has 1 aromatic heterocycles. The smallest absolute Gasteiger partial charge is 0.303 e. The number of hydrogen-bond acceptors (Lipinski definition) is 3. The number of carboxylic acids is 1. The SMILES string of the molecule is CC(CC(=O)O)C1CCCN(C(=O)CCc2cccs2)C1. The third-order valence-corrected chi connectivity index (χ3v) is 5.21. The van der Waals surface area contributed by atoms with Gasteiger partial charge in [0.05, 0.1) is 0 Å².